The molecule has 0 aromatic heterocycles. The number of halogens is 8. The third kappa shape index (κ3) is 4.61. The van der Waals surface area contributed by atoms with Gasteiger partial charge < -0.3 is 10.4 Å². The van der Waals surface area contributed by atoms with Crippen molar-refractivity contribution >= 4 is 39.1 Å². The van der Waals surface area contributed by atoms with Gasteiger partial charge in [0.1, 0.15) is 5.75 Å². The van der Waals surface area contributed by atoms with Gasteiger partial charge in [-0.05, 0) is 40.2 Å². The van der Waals surface area contributed by atoms with Gasteiger partial charge >= 0.3 is 12.4 Å². The number of hydrogen-bond donors (Lipinski definition) is 2. The summed E-state index contributed by atoms with van der Waals surface area (Å²) < 4.78 is 77.1. The molecule has 2 N–H and O–H groups in total. The molecule has 0 aliphatic heterocycles. The minimum atomic E-state index is -5.05. The smallest absolute Gasteiger partial charge is 0.416 e. The Labute approximate surface area is 155 Å². The van der Waals surface area contributed by atoms with Gasteiger partial charge in [-0.25, -0.2) is 0 Å². The average molecular weight is 463 g/mol. The highest BCUT2D eigenvalue weighted by atomic mass is 79.9. The zero-order valence-corrected chi connectivity index (χ0v) is 14.6. The summed E-state index contributed by atoms with van der Waals surface area (Å²) in [7, 11) is 0. The maximum absolute atomic E-state index is 12.8. The van der Waals surface area contributed by atoms with Crippen LogP contribution in [0.5, 0.6) is 5.75 Å². The highest BCUT2D eigenvalue weighted by molar-refractivity contribution is 9.10. The number of phenolic OH excluding ortho intramolecular Hbond substituents is 1. The van der Waals surface area contributed by atoms with Gasteiger partial charge in [-0.15, -0.1) is 0 Å². The maximum Gasteiger partial charge on any atom is 0.416 e. The van der Waals surface area contributed by atoms with E-state index in [9.17, 15) is 36.2 Å². The van der Waals surface area contributed by atoms with E-state index in [2.05, 4.69) is 15.9 Å². The lowest BCUT2D eigenvalue weighted by molar-refractivity contribution is -0.143. The molecule has 2 rings (SSSR count). The van der Waals surface area contributed by atoms with Crippen LogP contribution in [0.3, 0.4) is 0 Å². The first-order valence-corrected chi connectivity index (χ1v) is 7.75. The van der Waals surface area contributed by atoms with Crippen LogP contribution in [-0.4, -0.2) is 11.0 Å². The van der Waals surface area contributed by atoms with Crippen LogP contribution in [-0.2, 0) is 12.4 Å². The second-order valence-electron chi connectivity index (χ2n) is 5.03. The fourth-order valence-electron chi connectivity index (χ4n) is 1.94. The number of carbonyl (C=O) groups is 1. The number of aromatic hydroxyl groups is 1. The molecule has 0 heterocycles. The lowest BCUT2D eigenvalue weighted by Crippen LogP contribution is -2.16. The molecule has 0 fully saturated rings. The fourth-order valence-corrected chi connectivity index (χ4v) is 2.45. The molecule has 0 bridgehead atoms. The molecule has 0 radical (unpaired) electrons. The summed E-state index contributed by atoms with van der Waals surface area (Å²) >= 11 is 8.69. The number of amides is 1. The van der Waals surface area contributed by atoms with E-state index in [1.165, 1.54) is 0 Å². The van der Waals surface area contributed by atoms with E-state index in [1.807, 2.05) is 5.32 Å². The first-order valence-electron chi connectivity index (χ1n) is 6.58. The number of rotatable bonds is 2. The number of hydrogen-bond acceptors (Lipinski definition) is 2. The van der Waals surface area contributed by atoms with E-state index in [0.717, 1.165) is 12.1 Å². The Morgan fingerprint density at radius 1 is 0.962 bits per heavy atom. The molecule has 0 saturated carbocycles. The summed E-state index contributed by atoms with van der Waals surface area (Å²) in [6.07, 6.45) is -10.1. The van der Waals surface area contributed by atoms with Crippen LogP contribution in [0, 0.1) is 0 Å². The van der Waals surface area contributed by atoms with Crippen molar-refractivity contribution in [1.29, 1.82) is 0 Å². The molecule has 1 amide bonds. The van der Waals surface area contributed by atoms with E-state index in [0.29, 0.717) is 12.1 Å². The molecule has 2 aromatic rings. The van der Waals surface area contributed by atoms with Crippen molar-refractivity contribution in [2.75, 3.05) is 5.32 Å². The van der Waals surface area contributed by atoms with Crippen molar-refractivity contribution in [3.05, 3.63) is 56.5 Å². The standard InChI is InChI=1S/C15H7BrClF6NO2/c16-10-4-9(12(25)5-11(10)17)13(26)24-8-2-6(14(18,19)20)1-7(3-8)15(21,22)23/h1-5,25H,(H,24,26). The lowest BCUT2D eigenvalue weighted by atomic mass is 10.1. The minimum Gasteiger partial charge on any atom is -0.507 e. The first kappa shape index (κ1) is 20.4. The Balaban J connectivity index is 2.46. The van der Waals surface area contributed by atoms with Gasteiger partial charge in [-0.1, -0.05) is 11.6 Å². The van der Waals surface area contributed by atoms with Crippen LogP contribution in [0.15, 0.2) is 34.8 Å². The predicted molar refractivity (Wildman–Crippen MR) is 85.2 cm³/mol. The first-order chi connectivity index (χ1) is 11.8. The van der Waals surface area contributed by atoms with Crippen molar-refractivity contribution in [2.24, 2.45) is 0 Å². The molecule has 26 heavy (non-hydrogen) atoms. The highest BCUT2D eigenvalue weighted by Gasteiger charge is 2.37. The Morgan fingerprint density at radius 2 is 1.46 bits per heavy atom. The molecule has 0 aliphatic rings. The Kier molecular flexibility index (Phi) is 5.48. The second-order valence-corrected chi connectivity index (χ2v) is 6.29. The highest BCUT2D eigenvalue weighted by Crippen LogP contribution is 2.38. The zero-order chi connectivity index (χ0) is 19.9. The summed E-state index contributed by atoms with van der Waals surface area (Å²) in [5.74, 6) is -1.72. The normalized spacial score (nSPS) is 12.2. The number of phenols is 1. The Bertz CT molecular complexity index is 834. The van der Waals surface area contributed by atoms with Gasteiger partial charge in [0.2, 0.25) is 0 Å². The predicted octanol–water partition coefficient (Wildman–Crippen LogP) is 6.10. The largest absolute Gasteiger partial charge is 0.507 e. The van der Waals surface area contributed by atoms with Crippen molar-refractivity contribution in [3.8, 4) is 5.75 Å². The van der Waals surface area contributed by atoms with E-state index >= 15 is 0 Å². The van der Waals surface area contributed by atoms with Crippen LogP contribution in [0.1, 0.15) is 21.5 Å². The van der Waals surface area contributed by atoms with Gasteiger partial charge in [0, 0.05) is 16.2 Å². The minimum absolute atomic E-state index is 0.0532. The fraction of sp³-hybridized carbons (Fsp3) is 0.133. The quantitative estimate of drug-likeness (QED) is 0.530. The van der Waals surface area contributed by atoms with Gasteiger partial charge in [0.05, 0.1) is 21.7 Å². The monoisotopic (exact) mass is 461 g/mol. The lowest BCUT2D eigenvalue weighted by Gasteiger charge is -2.15. The molecule has 11 heteroatoms. The summed E-state index contributed by atoms with van der Waals surface area (Å²) in [5, 5.41) is 11.7. The molecule has 0 atom stereocenters. The molecule has 140 valence electrons. The molecule has 0 unspecified atom stereocenters. The third-order valence-corrected chi connectivity index (χ3v) is 4.33. The van der Waals surface area contributed by atoms with E-state index < -0.39 is 46.4 Å². The number of anilines is 1. The zero-order valence-electron chi connectivity index (χ0n) is 12.3. The molecule has 0 saturated heterocycles. The number of alkyl halides is 6. The SMILES string of the molecule is O=C(Nc1cc(C(F)(F)F)cc(C(F)(F)F)c1)c1cc(Br)c(Cl)cc1O. The molecular formula is C15H7BrClF6NO2. The molecular weight excluding hydrogens is 456 g/mol. The maximum atomic E-state index is 12.8. The van der Waals surface area contributed by atoms with Crippen LogP contribution in [0.2, 0.25) is 5.02 Å². The molecule has 3 nitrogen and oxygen atoms in total. The molecule has 0 aliphatic carbocycles. The van der Waals surface area contributed by atoms with Crippen molar-refractivity contribution < 1.29 is 36.2 Å². The summed E-state index contributed by atoms with van der Waals surface area (Å²) in [6.45, 7) is 0. The Morgan fingerprint density at radius 3 is 1.92 bits per heavy atom. The van der Waals surface area contributed by atoms with Crippen molar-refractivity contribution in [3.63, 3.8) is 0 Å². The topological polar surface area (TPSA) is 49.3 Å². The van der Waals surface area contributed by atoms with Gasteiger partial charge in [-0.3, -0.25) is 4.79 Å². The van der Waals surface area contributed by atoms with E-state index in [1.54, 1.807) is 0 Å². The van der Waals surface area contributed by atoms with Gasteiger partial charge in [0.25, 0.3) is 5.91 Å². The van der Waals surface area contributed by atoms with Crippen LogP contribution >= 0.6 is 27.5 Å². The molecule has 0 spiro atoms. The summed E-state index contributed by atoms with van der Waals surface area (Å²) in [5.41, 5.74) is -4.29. The van der Waals surface area contributed by atoms with Crippen molar-refractivity contribution in [2.45, 2.75) is 12.4 Å². The average Bonchev–Trinajstić information content (AvgIpc) is 2.48. The third-order valence-electron chi connectivity index (χ3n) is 3.13. The van der Waals surface area contributed by atoms with E-state index in [-0.39, 0.29) is 15.6 Å². The van der Waals surface area contributed by atoms with Crippen LogP contribution < -0.4 is 5.32 Å². The van der Waals surface area contributed by atoms with Gasteiger partial charge in [-0.2, -0.15) is 26.3 Å². The van der Waals surface area contributed by atoms with Crippen LogP contribution in [0.4, 0.5) is 32.0 Å². The van der Waals surface area contributed by atoms with E-state index in [4.69, 9.17) is 11.6 Å². The number of carbonyl (C=O) groups excluding carboxylic acids is 1. The summed E-state index contributed by atoms with van der Waals surface area (Å²) in [4.78, 5) is 12.1. The summed E-state index contributed by atoms with van der Waals surface area (Å²) in [6, 6.07) is 2.72. The van der Waals surface area contributed by atoms with Crippen LogP contribution in [0.25, 0.3) is 0 Å². The second kappa shape index (κ2) is 6.99. The number of benzene rings is 2. The number of nitrogens with one attached hydrogen (secondary N) is 1. The Hall–Kier alpha value is -1.94. The van der Waals surface area contributed by atoms with Gasteiger partial charge in [0.15, 0.2) is 0 Å². The van der Waals surface area contributed by atoms with Crippen molar-refractivity contribution in [1.82, 2.24) is 0 Å². The molecule has 2 aromatic carbocycles.